The number of carbonyl (C=O) groups is 4. The van der Waals surface area contributed by atoms with Gasteiger partial charge in [0, 0.05) is 17.4 Å². The standard InChI is InChI=1S/C40H39BrClN3O7/c1-24-34(26-15-7-3-8-16-26)51-39(50)32-33-37(48)45(27(23-46)21-25-13-5-2-6-14-25)36(40(33)22-28(41)35(32)52-40)38(49)44(30-18-11-10-17-29(30)42)20-12-4-9-19-31(47)43-24/h2-8,10-18,22,24,27,32-36,46H,9,19-21,23H2,1H3,(H,43,47)/b12-4-/t24-,27+,32+,33-,34+,35+,36+,40-/m0/s1. The molecule has 10 nitrogen and oxygen atoms in total. The molecule has 7 rings (SSSR count). The number of rotatable bonds is 6. The maximum absolute atomic E-state index is 15.3. The molecular formula is C40H39BrClN3O7. The van der Waals surface area contributed by atoms with Gasteiger partial charge in [-0.3, -0.25) is 19.2 Å². The third-order valence-electron chi connectivity index (χ3n) is 10.4. The lowest BCUT2D eigenvalue weighted by Gasteiger charge is -2.39. The summed E-state index contributed by atoms with van der Waals surface area (Å²) in [6, 6.07) is 22.7. The monoisotopic (exact) mass is 787 g/mol. The van der Waals surface area contributed by atoms with Crippen LogP contribution in [0.4, 0.5) is 5.69 Å². The number of nitrogens with zero attached hydrogens (tertiary/aromatic N) is 2. The highest BCUT2D eigenvalue weighted by Gasteiger charge is 2.75. The Morgan fingerprint density at radius 2 is 1.63 bits per heavy atom. The minimum absolute atomic E-state index is 0.0677. The number of aliphatic hydroxyl groups is 1. The van der Waals surface area contributed by atoms with Gasteiger partial charge in [-0.1, -0.05) is 112 Å². The highest BCUT2D eigenvalue weighted by atomic mass is 79.9. The van der Waals surface area contributed by atoms with Crippen LogP contribution in [-0.4, -0.2) is 76.7 Å². The van der Waals surface area contributed by atoms with Gasteiger partial charge in [-0.25, -0.2) is 0 Å². The van der Waals surface area contributed by atoms with Gasteiger partial charge in [0.25, 0.3) is 5.91 Å². The van der Waals surface area contributed by atoms with Crippen molar-refractivity contribution in [3.63, 3.8) is 0 Å². The molecule has 2 saturated heterocycles. The van der Waals surface area contributed by atoms with Crippen LogP contribution in [0.25, 0.3) is 0 Å². The van der Waals surface area contributed by atoms with E-state index < -0.39 is 72.2 Å². The maximum Gasteiger partial charge on any atom is 0.313 e. The van der Waals surface area contributed by atoms with Gasteiger partial charge in [-0.2, -0.15) is 0 Å². The number of allylic oxidation sites excluding steroid dienone is 1. The van der Waals surface area contributed by atoms with Gasteiger partial charge >= 0.3 is 5.97 Å². The number of likely N-dealkylation sites (tertiary alicyclic amines) is 1. The first kappa shape index (κ1) is 36.1. The van der Waals surface area contributed by atoms with E-state index in [9.17, 15) is 19.5 Å². The molecule has 3 aromatic rings. The van der Waals surface area contributed by atoms with E-state index in [1.165, 1.54) is 9.80 Å². The molecule has 12 heteroatoms. The Morgan fingerprint density at radius 1 is 0.942 bits per heavy atom. The molecule has 4 heterocycles. The topological polar surface area (TPSA) is 125 Å². The van der Waals surface area contributed by atoms with Crippen LogP contribution in [0.2, 0.25) is 5.02 Å². The third-order valence-corrected chi connectivity index (χ3v) is 11.4. The summed E-state index contributed by atoms with van der Waals surface area (Å²) in [5, 5.41) is 14.2. The molecule has 3 aromatic carbocycles. The molecule has 0 radical (unpaired) electrons. The normalized spacial score (nSPS) is 30.4. The van der Waals surface area contributed by atoms with Crippen molar-refractivity contribution in [1.29, 1.82) is 0 Å². The van der Waals surface area contributed by atoms with Gasteiger partial charge in [0.15, 0.2) is 0 Å². The lowest BCUT2D eigenvalue weighted by molar-refractivity contribution is -0.161. The second-order valence-corrected chi connectivity index (χ2v) is 15.0. The number of esters is 1. The van der Waals surface area contributed by atoms with Crippen LogP contribution in [0, 0.1) is 11.8 Å². The zero-order valence-electron chi connectivity index (χ0n) is 28.4. The highest BCUT2D eigenvalue weighted by Crippen LogP contribution is 2.59. The van der Waals surface area contributed by atoms with Crippen LogP contribution in [0.15, 0.2) is 108 Å². The lowest BCUT2D eigenvalue weighted by atomic mass is 9.74. The van der Waals surface area contributed by atoms with E-state index in [2.05, 4.69) is 21.2 Å². The van der Waals surface area contributed by atoms with Gasteiger partial charge in [0.05, 0.1) is 35.3 Å². The zero-order chi connectivity index (χ0) is 36.6. The number of anilines is 1. The molecule has 0 saturated carbocycles. The Bertz CT molecular complexity index is 1910. The average Bonchev–Trinajstić information content (AvgIpc) is 3.74. The molecule has 0 aromatic heterocycles. The summed E-state index contributed by atoms with van der Waals surface area (Å²) in [7, 11) is 0. The van der Waals surface area contributed by atoms with Crippen molar-refractivity contribution in [2.24, 2.45) is 11.8 Å². The molecule has 1 spiro atoms. The van der Waals surface area contributed by atoms with Crippen LogP contribution >= 0.6 is 27.5 Å². The Kier molecular flexibility index (Phi) is 10.4. The number of fused-ring (bicyclic) bond motifs is 2. The van der Waals surface area contributed by atoms with Crippen molar-refractivity contribution in [3.05, 3.63) is 124 Å². The van der Waals surface area contributed by atoms with Gasteiger partial charge in [0.2, 0.25) is 11.8 Å². The minimum Gasteiger partial charge on any atom is -0.455 e. The molecule has 5 bridgehead atoms. The molecule has 270 valence electrons. The number of para-hydroxylation sites is 1. The van der Waals surface area contributed by atoms with E-state index in [0.717, 1.165) is 5.56 Å². The molecule has 0 aliphatic carbocycles. The number of hydrogen-bond donors (Lipinski definition) is 2. The SMILES string of the molecule is C[C@@H]1NC(=O)CC/C=C\CN(c2ccccc2Cl)C(=O)[C@H]2N([C@@H](CO)Cc3ccccc3)C(=O)[C@@H]3[C@@H](C(=O)O[C@H]1c1ccccc1)[C@@H]1O[C@@]32C=C1Br. The molecule has 4 aliphatic rings. The Hall–Kier alpha value is -4.29. The summed E-state index contributed by atoms with van der Waals surface area (Å²) in [5.74, 6) is -4.21. The highest BCUT2D eigenvalue weighted by molar-refractivity contribution is 9.11. The van der Waals surface area contributed by atoms with Gasteiger partial charge < -0.3 is 29.7 Å². The minimum atomic E-state index is -1.58. The van der Waals surface area contributed by atoms with Gasteiger partial charge in [-0.15, -0.1) is 0 Å². The number of halogens is 2. The van der Waals surface area contributed by atoms with Crippen molar-refractivity contribution < 1.29 is 33.8 Å². The van der Waals surface area contributed by atoms with Crippen LogP contribution < -0.4 is 10.2 Å². The van der Waals surface area contributed by atoms with Crippen molar-refractivity contribution in [1.82, 2.24) is 10.2 Å². The fraction of sp³-hybridized carbons (Fsp3) is 0.350. The summed E-state index contributed by atoms with van der Waals surface area (Å²) in [4.78, 5) is 60.8. The van der Waals surface area contributed by atoms with Crippen molar-refractivity contribution >= 4 is 56.9 Å². The van der Waals surface area contributed by atoms with Crippen LogP contribution in [0.5, 0.6) is 0 Å². The van der Waals surface area contributed by atoms with E-state index >= 15 is 4.79 Å². The Balaban J connectivity index is 1.38. The number of cyclic esters (lactones) is 1. The Morgan fingerprint density at radius 3 is 2.35 bits per heavy atom. The molecule has 8 atom stereocenters. The molecule has 2 fully saturated rings. The molecule has 4 aliphatic heterocycles. The first-order chi connectivity index (χ1) is 25.1. The Labute approximate surface area is 315 Å². The second kappa shape index (κ2) is 15.0. The molecule has 52 heavy (non-hydrogen) atoms. The van der Waals surface area contributed by atoms with Crippen LogP contribution in [-0.2, 0) is 35.1 Å². The van der Waals surface area contributed by atoms with Crippen LogP contribution in [0.3, 0.4) is 0 Å². The van der Waals surface area contributed by atoms with Gasteiger partial charge in [-0.05, 0) is 49.1 Å². The summed E-state index contributed by atoms with van der Waals surface area (Å²) < 4.78 is 13.5. The number of aliphatic hydroxyl groups excluding tert-OH is 1. The van der Waals surface area contributed by atoms with E-state index in [0.29, 0.717) is 27.2 Å². The lowest BCUT2D eigenvalue weighted by Crippen LogP contribution is -2.59. The van der Waals surface area contributed by atoms with E-state index in [1.54, 1.807) is 43.3 Å². The average molecular weight is 789 g/mol. The zero-order valence-corrected chi connectivity index (χ0v) is 30.8. The first-order valence-corrected chi connectivity index (χ1v) is 18.6. The number of hydrogen-bond acceptors (Lipinski definition) is 7. The summed E-state index contributed by atoms with van der Waals surface area (Å²) in [6.45, 7) is 1.39. The van der Waals surface area contributed by atoms with Crippen molar-refractivity contribution in [2.45, 2.75) is 62.1 Å². The molecular weight excluding hydrogens is 750 g/mol. The molecule has 2 N–H and O–H groups in total. The summed E-state index contributed by atoms with van der Waals surface area (Å²) >= 11 is 10.3. The van der Waals surface area contributed by atoms with Crippen molar-refractivity contribution in [3.8, 4) is 0 Å². The van der Waals surface area contributed by atoms with Crippen LogP contribution in [0.1, 0.15) is 37.0 Å². The smallest absolute Gasteiger partial charge is 0.313 e. The first-order valence-electron chi connectivity index (χ1n) is 17.4. The predicted octanol–water partition coefficient (Wildman–Crippen LogP) is 5.29. The number of amides is 3. The quantitative estimate of drug-likeness (QED) is 0.257. The third kappa shape index (κ3) is 6.48. The summed E-state index contributed by atoms with van der Waals surface area (Å²) in [6.07, 6.45) is 4.35. The number of benzene rings is 3. The van der Waals surface area contributed by atoms with Crippen molar-refractivity contribution in [2.75, 3.05) is 18.1 Å². The van der Waals surface area contributed by atoms with E-state index in [-0.39, 0.29) is 25.3 Å². The predicted molar refractivity (Wildman–Crippen MR) is 198 cm³/mol. The summed E-state index contributed by atoms with van der Waals surface area (Å²) in [5.41, 5.74) is 0.359. The fourth-order valence-corrected chi connectivity index (χ4v) is 9.05. The molecule has 3 amide bonds. The second-order valence-electron chi connectivity index (χ2n) is 13.6. The number of carbonyl (C=O) groups excluding carboxylic acids is 4. The maximum atomic E-state index is 15.3. The molecule has 0 unspecified atom stereocenters. The largest absolute Gasteiger partial charge is 0.455 e. The van der Waals surface area contributed by atoms with Gasteiger partial charge in [0.1, 0.15) is 29.8 Å². The van der Waals surface area contributed by atoms with E-state index in [1.807, 2.05) is 66.7 Å². The fourth-order valence-electron chi connectivity index (χ4n) is 8.08. The number of ether oxygens (including phenoxy) is 2. The number of nitrogens with one attached hydrogen (secondary N) is 1. The van der Waals surface area contributed by atoms with E-state index in [4.69, 9.17) is 21.1 Å².